The molecule has 0 saturated carbocycles. The number of hydrogen-bond acceptors (Lipinski definition) is 6. The molecule has 0 atom stereocenters. The van der Waals surface area contributed by atoms with Crippen molar-refractivity contribution >= 4 is 21.8 Å². The van der Waals surface area contributed by atoms with E-state index in [1.165, 1.54) is 19.4 Å². The van der Waals surface area contributed by atoms with Crippen LogP contribution in [0.1, 0.15) is 21.7 Å². The maximum atomic E-state index is 13.2. The molecule has 3 aromatic rings. The van der Waals surface area contributed by atoms with E-state index in [1.807, 2.05) is 6.07 Å². The zero-order chi connectivity index (χ0) is 22.0. The van der Waals surface area contributed by atoms with Crippen molar-refractivity contribution in [2.75, 3.05) is 13.6 Å². The van der Waals surface area contributed by atoms with Gasteiger partial charge in [0, 0.05) is 26.0 Å². The fourth-order valence-corrected chi connectivity index (χ4v) is 4.88. The number of likely N-dealkylation sites (N-methyl/N-ethyl adjacent to an activating group) is 1. The lowest BCUT2D eigenvalue weighted by Crippen LogP contribution is -2.39. The third-order valence-electron chi connectivity index (χ3n) is 4.92. The van der Waals surface area contributed by atoms with E-state index in [-0.39, 0.29) is 30.2 Å². The highest BCUT2D eigenvalue weighted by Gasteiger charge is 2.35. The minimum Gasteiger partial charge on any atom is -0.358 e. The summed E-state index contributed by atoms with van der Waals surface area (Å²) >= 11 is 0. The van der Waals surface area contributed by atoms with Gasteiger partial charge in [-0.3, -0.25) is 19.1 Å². The lowest BCUT2D eigenvalue weighted by molar-refractivity contribution is -0.120. The highest BCUT2D eigenvalue weighted by Crippen LogP contribution is 2.31. The lowest BCUT2D eigenvalue weighted by atomic mass is 10.2. The molecule has 1 aliphatic heterocycles. The number of hydrogen-bond donors (Lipinski definition) is 2. The van der Waals surface area contributed by atoms with Crippen molar-refractivity contribution in [2.45, 2.75) is 18.0 Å². The Kier molecular flexibility index (Phi) is 5.53. The normalized spacial score (nSPS) is 14.7. The number of pyridine rings is 1. The molecule has 0 bridgehead atoms. The fraction of sp³-hybridized carbons (Fsp3) is 0.200. The predicted octanol–water partition coefficient (Wildman–Crippen LogP) is 0.448. The van der Waals surface area contributed by atoms with Gasteiger partial charge in [0.25, 0.3) is 5.91 Å². The number of sulfonamides is 1. The van der Waals surface area contributed by atoms with Crippen LogP contribution < -0.4 is 10.6 Å². The van der Waals surface area contributed by atoms with Gasteiger partial charge in [-0.05, 0) is 23.8 Å². The second-order valence-corrected chi connectivity index (χ2v) is 8.77. The summed E-state index contributed by atoms with van der Waals surface area (Å²) < 4.78 is 29.1. The largest absolute Gasteiger partial charge is 0.358 e. The minimum atomic E-state index is -3.98. The molecule has 0 fully saturated rings. The highest BCUT2D eigenvalue weighted by atomic mass is 32.2. The highest BCUT2D eigenvalue weighted by molar-refractivity contribution is 7.89. The van der Waals surface area contributed by atoms with Crippen LogP contribution in [0, 0.1) is 0 Å². The number of amides is 2. The van der Waals surface area contributed by atoms with Crippen LogP contribution in [0.2, 0.25) is 0 Å². The average Bonchev–Trinajstić information content (AvgIpc) is 3.17. The Morgan fingerprint density at radius 2 is 1.97 bits per heavy atom. The molecule has 10 nitrogen and oxygen atoms in total. The number of nitrogens with zero attached hydrogens (tertiary/aromatic N) is 4. The van der Waals surface area contributed by atoms with Crippen LogP contribution in [0.4, 0.5) is 0 Å². The first-order chi connectivity index (χ1) is 14.9. The van der Waals surface area contributed by atoms with E-state index in [4.69, 9.17) is 0 Å². The summed E-state index contributed by atoms with van der Waals surface area (Å²) in [6.45, 7) is -0.314. The van der Waals surface area contributed by atoms with Gasteiger partial charge in [0.05, 0.1) is 24.5 Å². The minimum absolute atomic E-state index is 0.0392. The van der Waals surface area contributed by atoms with Crippen LogP contribution in [0.25, 0.3) is 5.69 Å². The Morgan fingerprint density at radius 3 is 2.71 bits per heavy atom. The van der Waals surface area contributed by atoms with Crippen LogP contribution >= 0.6 is 0 Å². The van der Waals surface area contributed by atoms with Gasteiger partial charge in [-0.25, -0.2) is 13.4 Å². The molecule has 4 rings (SSSR count). The van der Waals surface area contributed by atoms with E-state index in [9.17, 15) is 18.0 Å². The van der Waals surface area contributed by atoms with Gasteiger partial charge >= 0.3 is 0 Å². The van der Waals surface area contributed by atoms with Gasteiger partial charge in [0.2, 0.25) is 15.9 Å². The number of para-hydroxylation sites is 1. The second kappa shape index (κ2) is 8.28. The number of aromatic nitrogens is 3. The smallest absolute Gasteiger partial charge is 0.272 e. The van der Waals surface area contributed by atoms with E-state index in [0.29, 0.717) is 11.4 Å². The zero-order valence-corrected chi connectivity index (χ0v) is 17.5. The Balaban J connectivity index is 1.73. The van der Waals surface area contributed by atoms with Crippen molar-refractivity contribution in [3.63, 3.8) is 0 Å². The van der Waals surface area contributed by atoms with Gasteiger partial charge < -0.3 is 10.6 Å². The summed E-state index contributed by atoms with van der Waals surface area (Å²) in [7, 11) is -2.54. The molecular weight excluding hydrogens is 420 g/mol. The molecule has 0 saturated heterocycles. The third-order valence-corrected chi connectivity index (χ3v) is 6.76. The van der Waals surface area contributed by atoms with Gasteiger partial charge in [-0.2, -0.15) is 4.31 Å². The van der Waals surface area contributed by atoms with Crippen molar-refractivity contribution in [1.82, 2.24) is 29.5 Å². The Hall–Kier alpha value is -3.57. The fourth-order valence-electron chi connectivity index (χ4n) is 3.34. The molecule has 2 aromatic heterocycles. The maximum absolute atomic E-state index is 13.2. The van der Waals surface area contributed by atoms with Crippen LogP contribution in [0.5, 0.6) is 0 Å². The van der Waals surface area contributed by atoms with E-state index in [0.717, 1.165) is 9.87 Å². The lowest BCUT2D eigenvalue weighted by Gasteiger charge is -2.19. The first-order valence-electron chi connectivity index (χ1n) is 9.45. The standard InChI is InChI=1S/C20H20N6O4S/c1-21-18(27)12-25-11-16-19(20(28)23-10-14-5-4-8-22-9-14)24-13-26(16)15-6-2-3-7-17(15)31(25,29)30/h2-9,13H,10-12H2,1H3,(H,21,27)(H,23,28). The summed E-state index contributed by atoms with van der Waals surface area (Å²) in [4.78, 5) is 33.2. The van der Waals surface area contributed by atoms with E-state index in [2.05, 4.69) is 20.6 Å². The summed E-state index contributed by atoms with van der Waals surface area (Å²) in [6, 6.07) is 10.0. The SMILES string of the molecule is CNC(=O)CN1Cc2c(C(=O)NCc3cccnc3)ncn2-c2ccccc2S1(=O)=O. The van der Waals surface area contributed by atoms with Gasteiger partial charge in [0.1, 0.15) is 11.2 Å². The van der Waals surface area contributed by atoms with Crippen LogP contribution in [0.15, 0.2) is 60.0 Å². The molecule has 2 amide bonds. The Morgan fingerprint density at radius 1 is 1.16 bits per heavy atom. The Labute approximate surface area is 179 Å². The van der Waals surface area contributed by atoms with Gasteiger partial charge in [-0.15, -0.1) is 0 Å². The number of carbonyl (C=O) groups is 2. The first kappa shape index (κ1) is 20.7. The molecule has 0 spiro atoms. The molecule has 31 heavy (non-hydrogen) atoms. The third kappa shape index (κ3) is 3.92. The van der Waals surface area contributed by atoms with Gasteiger partial charge in [-0.1, -0.05) is 18.2 Å². The summed E-state index contributed by atoms with van der Waals surface area (Å²) in [5, 5.41) is 5.22. The summed E-state index contributed by atoms with van der Waals surface area (Å²) in [5.41, 5.74) is 1.66. The monoisotopic (exact) mass is 440 g/mol. The number of fused-ring (bicyclic) bond motifs is 3. The van der Waals surface area contributed by atoms with Crippen LogP contribution in [0.3, 0.4) is 0 Å². The molecule has 1 aliphatic rings. The predicted molar refractivity (Wildman–Crippen MR) is 111 cm³/mol. The van der Waals surface area contributed by atoms with E-state index in [1.54, 1.807) is 41.2 Å². The second-order valence-electron chi connectivity index (χ2n) is 6.87. The zero-order valence-electron chi connectivity index (χ0n) is 16.6. The molecule has 1 aromatic carbocycles. The quantitative estimate of drug-likeness (QED) is 0.593. The molecule has 2 N–H and O–H groups in total. The van der Waals surface area contributed by atoms with Crippen molar-refractivity contribution in [2.24, 2.45) is 0 Å². The van der Waals surface area contributed by atoms with Gasteiger partial charge in [0.15, 0.2) is 5.69 Å². The maximum Gasteiger partial charge on any atom is 0.272 e. The van der Waals surface area contributed by atoms with Crippen molar-refractivity contribution in [1.29, 1.82) is 0 Å². The Bertz CT molecular complexity index is 1240. The topological polar surface area (TPSA) is 126 Å². The summed E-state index contributed by atoms with van der Waals surface area (Å²) in [5.74, 6) is -0.911. The number of nitrogens with one attached hydrogen (secondary N) is 2. The number of benzene rings is 1. The van der Waals surface area contributed by atoms with Crippen LogP contribution in [-0.4, -0.2) is 52.7 Å². The first-order valence-corrected chi connectivity index (χ1v) is 10.9. The van der Waals surface area contributed by atoms with Crippen LogP contribution in [-0.2, 0) is 27.9 Å². The molecule has 160 valence electrons. The molecule has 0 aliphatic carbocycles. The van der Waals surface area contributed by atoms with E-state index >= 15 is 0 Å². The molecule has 11 heteroatoms. The molecule has 0 unspecified atom stereocenters. The summed E-state index contributed by atoms with van der Waals surface area (Å²) in [6.07, 6.45) is 4.70. The van der Waals surface area contributed by atoms with E-state index < -0.39 is 21.8 Å². The average molecular weight is 440 g/mol. The van der Waals surface area contributed by atoms with Crippen molar-refractivity contribution < 1.29 is 18.0 Å². The number of carbonyl (C=O) groups excluding carboxylic acids is 2. The molecule has 3 heterocycles. The van der Waals surface area contributed by atoms with Crippen molar-refractivity contribution in [3.05, 3.63) is 72.1 Å². The van der Waals surface area contributed by atoms with Crippen molar-refractivity contribution in [3.8, 4) is 5.69 Å². The molecule has 0 radical (unpaired) electrons. The number of imidazole rings is 1. The molecular formula is C20H20N6O4S. The number of rotatable bonds is 5.